The topological polar surface area (TPSA) is 229 Å². The van der Waals surface area contributed by atoms with Gasteiger partial charge in [0.2, 0.25) is 0 Å². The Morgan fingerprint density at radius 1 is 0.705 bits per heavy atom. The first-order chi connectivity index (χ1) is 28.9. The number of ether oxygens (including phenoxy) is 6. The van der Waals surface area contributed by atoms with Gasteiger partial charge in [-0.25, -0.2) is 0 Å². The van der Waals surface area contributed by atoms with Crippen LogP contribution >= 0.6 is 0 Å². The number of aliphatic hydroxyl groups is 8. The number of nitrogens with one attached hydrogen (secondary N) is 1. The zero-order valence-corrected chi connectivity index (χ0v) is 36.9. The van der Waals surface area contributed by atoms with Crippen molar-refractivity contribution in [1.29, 1.82) is 0 Å². The summed E-state index contributed by atoms with van der Waals surface area (Å²) in [4.78, 5) is 0. The molecule has 4 aliphatic heterocycles. The summed E-state index contributed by atoms with van der Waals surface area (Å²) >= 11 is 0. The van der Waals surface area contributed by atoms with Gasteiger partial charge in [0.25, 0.3) is 0 Å². The molecule has 9 rings (SSSR count). The fourth-order valence-corrected chi connectivity index (χ4v) is 15.0. The van der Waals surface area contributed by atoms with Crippen LogP contribution in [-0.4, -0.2) is 158 Å². The summed E-state index contributed by atoms with van der Waals surface area (Å²) in [6.07, 6.45) is -7.87. The number of fused-ring (bicyclic) bond motifs is 7. The second-order valence-electron chi connectivity index (χ2n) is 21.8. The molecule has 8 fully saturated rings. The van der Waals surface area contributed by atoms with Crippen molar-refractivity contribution in [3.63, 3.8) is 0 Å². The minimum absolute atomic E-state index is 0.0361. The van der Waals surface area contributed by atoms with Crippen LogP contribution in [0.2, 0.25) is 0 Å². The normalized spacial score (nSPS) is 58.4. The first kappa shape index (κ1) is 45.3. The summed E-state index contributed by atoms with van der Waals surface area (Å²) in [7, 11) is 0. The molecule has 4 saturated heterocycles. The smallest absolute Gasteiger partial charge is 0.187 e. The molecule has 14 unspecified atom stereocenters. The monoisotopic (exact) mass is 866 g/mol. The van der Waals surface area contributed by atoms with Gasteiger partial charge in [0.05, 0.1) is 24.9 Å². The molecule has 1 spiro atoms. The van der Waals surface area contributed by atoms with Crippen molar-refractivity contribution in [2.75, 3.05) is 13.2 Å². The van der Waals surface area contributed by atoms with Crippen LogP contribution in [0.1, 0.15) is 106 Å². The third-order valence-electron chi connectivity index (χ3n) is 18.6. The molecule has 0 amide bonds. The van der Waals surface area contributed by atoms with Gasteiger partial charge in [-0.05, 0) is 137 Å². The first-order valence-corrected chi connectivity index (χ1v) is 23.7. The molecule has 9 N–H and O–H groups in total. The molecular weight excluding hydrogens is 790 g/mol. The Balaban J connectivity index is 0.916. The Bertz CT molecular complexity index is 1600. The van der Waals surface area contributed by atoms with Crippen LogP contribution in [0.3, 0.4) is 0 Å². The molecule has 15 heteroatoms. The van der Waals surface area contributed by atoms with Gasteiger partial charge in [-0.15, -0.1) is 0 Å². The van der Waals surface area contributed by atoms with E-state index in [1.807, 2.05) is 0 Å². The van der Waals surface area contributed by atoms with Crippen molar-refractivity contribution in [2.45, 2.75) is 210 Å². The highest BCUT2D eigenvalue weighted by Crippen LogP contribution is 2.72. The molecule has 0 aromatic carbocycles. The highest BCUT2D eigenvalue weighted by atomic mass is 16.8. The lowest BCUT2D eigenvalue weighted by molar-refractivity contribution is -0.388. The molecule has 4 saturated carbocycles. The molecule has 15 nitrogen and oxygen atoms in total. The molecule has 0 radical (unpaired) electrons. The number of rotatable bonds is 7. The minimum atomic E-state index is -1.70. The fraction of sp³-hybridized carbons (Fsp3) is 0.957. The van der Waals surface area contributed by atoms with Crippen molar-refractivity contribution in [3.8, 4) is 0 Å². The number of aliphatic hydroxyl groups excluding tert-OH is 8. The summed E-state index contributed by atoms with van der Waals surface area (Å²) in [5, 5.41) is 90.0. The Labute approximate surface area is 360 Å². The molecule has 9 aliphatic rings. The van der Waals surface area contributed by atoms with Crippen LogP contribution in [0.4, 0.5) is 0 Å². The van der Waals surface area contributed by atoms with E-state index >= 15 is 0 Å². The average Bonchev–Trinajstić information content (AvgIpc) is 3.69. The maximum atomic E-state index is 12.0. The van der Waals surface area contributed by atoms with Crippen molar-refractivity contribution in [2.24, 2.45) is 52.3 Å². The Morgan fingerprint density at radius 3 is 1.98 bits per heavy atom. The summed E-state index contributed by atoms with van der Waals surface area (Å²) in [5.74, 6) is 5.00. The molecule has 0 bridgehead atoms. The van der Waals surface area contributed by atoms with Crippen LogP contribution in [0.25, 0.3) is 0 Å². The van der Waals surface area contributed by atoms with E-state index < -0.39 is 98.7 Å². The molecule has 4 heterocycles. The van der Waals surface area contributed by atoms with Crippen LogP contribution in [0, 0.1) is 52.3 Å². The summed E-state index contributed by atoms with van der Waals surface area (Å²) in [6.45, 7) is 13.6. The third kappa shape index (κ3) is 7.44. The van der Waals surface area contributed by atoms with E-state index in [9.17, 15) is 40.9 Å². The maximum absolute atomic E-state index is 12.0. The predicted octanol–water partition coefficient (Wildman–Crippen LogP) is 1.48. The van der Waals surface area contributed by atoms with Gasteiger partial charge in [0, 0.05) is 5.54 Å². The minimum Gasteiger partial charge on any atom is -0.394 e. The Morgan fingerprint density at radius 2 is 1.36 bits per heavy atom. The van der Waals surface area contributed by atoms with E-state index in [1.165, 1.54) is 57.9 Å². The average molecular weight is 866 g/mol. The zero-order chi connectivity index (χ0) is 43.5. The lowest BCUT2D eigenvalue weighted by Crippen LogP contribution is -2.66. The van der Waals surface area contributed by atoms with Crippen molar-refractivity contribution < 1.29 is 69.3 Å². The van der Waals surface area contributed by atoms with Gasteiger partial charge >= 0.3 is 0 Å². The summed E-state index contributed by atoms with van der Waals surface area (Å²) in [6, 6.07) is 0. The largest absolute Gasteiger partial charge is 0.394 e. The van der Waals surface area contributed by atoms with Crippen molar-refractivity contribution in [3.05, 3.63) is 11.6 Å². The van der Waals surface area contributed by atoms with Crippen LogP contribution in [0.15, 0.2) is 11.6 Å². The van der Waals surface area contributed by atoms with Gasteiger partial charge in [-0.1, -0.05) is 39.3 Å². The van der Waals surface area contributed by atoms with Gasteiger partial charge in [-0.2, -0.15) is 0 Å². The Kier molecular flexibility index (Phi) is 12.5. The van der Waals surface area contributed by atoms with E-state index in [0.29, 0.717) is 35.1 Å². The first-order valence-electron chi connectivity index (χ1n) is 23.7. The van der Waals surface area contributed by atoms with Crippen LogP contribution in [-0.2, 0) is 28.4 Å². The quantitative estimate of drug-likeness (QED) is 0.165. The highest BCUT2D eigenvalue weighted by molar-refractivity contribution is 5.27. The summed E-state index contributed by atoms with van der Waals surface area (Å²) < 4.78 is 36.7. The van der Waals surface area contributed by atoms with E-state index in [2.05, 4.69) is 39.1 Å². The predicted molar refractivity (Wildman–Crippen MR) is 218 cm³/mol. The van der Waals surface area contributed by atoms with Crippen molar-refractivity contribution in [1.82, 2.24) is 5.32 Å². The highest BCUT2D eigenvalue weighted by Gasteiger charge is 2.67. The van der Waals surface area contributed by atoms with E-state index in [0.717, 1.165) is 49.5 Å². The molecule has 0 aromatic rings. The fourth-order valence-electron chi connectivity index (χ4n) is 15.0. The zero-order valence-electron chi connectivity index (χ0n) is 36.9. The molecule has 348 valence electrons. The SMILES string of the molecule is CC1O[C@@H](OC2C(O)[C@H](O[C@@H]3OC(C)[C@H](O)C(O)C3O)C(CO)O[C@H]2O[C@H]2CC[C@@]3(C)C(=CCC4C5CC6C[C@]7(CC[C@@H](C)CN7)[C@@H](C)C6[C@@]5(C)CCC43)C2)C(O)C(O)[C@H]1O. The second-order valence-corrected chi connectivity index (χ2v) is 21.8. The van der Waals surface area contributed by atoms with Crippen molar-refractivity contribution >= 4 is 0 Å². The van der Waals surface area contributed by atoms with Crippen LogP contribution in [0.5, 0.6) is 0 Å². The molecular formula is C46H75NO14. The molecule has 61 heavy (non-hydrogen) atoms. The van der Waals surface area contributed by atoms with E-state index in [4.69, 9.17) is 28.4 Å². The maximum Gasteiger partial charge on any atom is 0.187 e. The van der Waals surface area contributed by atoms with Gasteiger partial charge in [0.1, 0.15) is 61.0 Å². The third-order valence-corrected chi connectivity index (χ3v) is 18.6. The van der Waals surface area contributed by atoms with Crippen LogP contribution < -0.4 is 5.32 Å². The summed E-state index contributed by atoms with van der Waals surface area (Å²) in [5.41, 5.74) is 2.11. The van der Waals surface area contributed by atoms with E-state index in [-0.39, 0.29) is 11.5 Å². The number of hydrogen-bond acceptors (Lipinski definition) is 15. The molecule has 0 aromatic heterocycles. The molecule has 5 aliphatic carbocycles. The number of hydrogen-bond donors (Lipinski definition) is 9. The number of allylic oxidation sites excluding steroid dienone is 1. The Hall–Kier alpha value is -0.860. The standard InChI is InChI=1S/C46H75NO14/c1-20-9-14-46(47-18-20)17-24-15-29-27-8-7-25-16-26(10-12-44(25,5)28(27)11-13-45(29,6)31(24)21(46)2)58-43-40(61-42-37(54)35(52)33(50)23(4)57-42)38(55)39(30(19-48)59-43)60-41-36(53)34(51)32(49)22(3)56-41/h7,20-24,26-43,47-55H,8-19H2,1-6H3/t20-,21+,22?,23?,24?,26+,27?,28?,29?,30?,31?,32+,33+,34?,35?,36?,37?,38?,39-,40?,41+,42+,43-,44+,45+,46-/m1/s1. The van der Waals surface area contributed by atoms with Gasteiger partial charge in [-0.3, -0.25) is 0 Å². The van der Waals surface area contributed by atoms with Gasteiger partial charge in [0.15, 0.2) is 18.9 Å². The lowest BCUT2D eigenvalue weighted by atomic mass is 9.46. The van der Waals surface area contributed by atoms with E-state index in [1.54, 1.807) is 0 Å². The van der Waals surface area contributed by atoms with Gasteiger partial charge < -0.3 is 74.6 Å². The molecule has 26 atom stereocenters. The second kappa shape index (κ2) is 16.8. The number of piperidine rings is 1. The lowest BCUT2D eigenvalue weighted by Gasteiger charge is -2.59.